The zero-order valence-corrected chi connectivity index (χ0v) is 11.2. The van der Waals surface area contributed by atoms with Crippen LogP contribution in [0.15, 0.2) is 42.5 Å². The normalized spacial score (nSPS) is 12.2. The molecule has 1 atom stereocenters. The van der Waals surface area contributed by atoms with Gasteiger partial charge in [0.1, 0.15) is 0 Å². The summed E-state index contributed by atoms with van der Waals surface area (Å²) < 4.78 is 0. The molecule has 0 saturated carbocycles. The van der Waals surface area contributed by atoms with Crippen molar-refractivity contribution in [3.05, 3.63) is 59.2 Å². The van der Waals surface area contributed by atoms with E-state index in [1.807, 2.05) is 19.1 Å². The maximum absolute atomic E-state index is 6.02. The number of nitrogen functional groups attached to an aromatic ring is 1. The first kappa shape index (κ1) is 12.5. The molecule has 2 aromatic carbocycles. The van der Waals surface area contributed by atoms with Crippen LogP contribution in [0.4, 0.5) is 11.4 Å². The lowest BCUT2D eigenvalue weighted by Crippen LogP contribution is -2.09. The van der Waals surface area contributed by atoms with Crippen molar-refractivity contribution < 1.29 is 0 Å². The van der Waals surface area contributed by atoms with Crippen LogP contribution < -0.4 is 11.1 Å². The Labute approximate surface area is 109 Å². The average molecular weight is 240 g/mol. The summed E-state index contributed by atoms with van der Waals surface area (Å²) in [5.74, 6) is 0. The standard InChI is InChI=1S/C16H20N2/c1-11-8-9-16(15(17)10-11)18-13(3)14-7-5-4-6-12(14)2/h4-10,13,18H,17H2,1-3H3. The molecular weight excluding hydrogens is 220 g/mol. The zero-order chi connectivity index (χ0) is 13.1. The largest absolute Gasteiger partial charge is 0.397 e. The average Bonchev–Trinajstić information content (AvgIpc) is 2.33. The molecule has 0 radical (unpaired) electrons. The first-order chi connectivity index (χ1) is 8.58. The minimum absolute atomic E-state index is 0.246. The zero-order valence-electron chi connectivity index (χ0n) is 11.2. The predicted octanol–water partition coefficient (Wildman–Crippen LogP) is 4.06. The van der Waals surface area contributed by atoms with E-state index in [-0.39, 0.29) is 6.04 Å². The topological polar surface area (TPSA) is 38.0 Å². The Hall–Kier alpha value is -1.96. The van der Waals surface area contributed by atoms with Gasteiger partial charge in [-0.15, -0.1) is 0 Å². The van der Waals surface area contributed by atoms with Gasteiger partial charge < -0.3 is 11.1 Å². The van der Waals surface area contributed by atoms with Crippen molar-refractivity contribution in [2.45, 2.75) is 26.8 Å². The van der Waals surface area contributed by atoms with E-state index in [1.54, 1.807) is 0 Å². The molecule has 94 valence electrons. The van der Waals surface area contributed by atoms with Crippen LogP contribution in [0.25, 0.3) is 0 Å². The Bertz CT molecular complexity index is 547. The summed E-state index contributed by atoms with van der Waals surface area (Å²) in [7, 11) is 0. The highest BCUT2D eigenvalue weighted by molar-refractivity contribution is 5.67. The lowest BCUT2D eigenvalue weighted by molar-refractivity contribution is 0.875. The Balaban J connectivity index is 2.21. The van der Waals surface area contributed by atoms with Gasteiger partial charge in [-0.2, -0.15) is 0 Å². The SMILES string of the molecule is Cc1ccc(NC(C)c2ccccc2C)c(N)c1. The first-order valence-corrected chi connectivity index (χ1v) is 6.26. The third-order valence-electron chi connectivity index (χ3n) is 3.23. The van der Waals surface area contributed by atoms with Gasteiger partial charge in [-0.05, 0) is 49.6 Å². The lowest BCUT2D eigenvalue weighted by atomic mass is 10.0. The van der Waals surface area contributed by atoms with Crippen LogP contribution in [0.1, 0.15) is 29.7 Å². The second-order valence-corrected chi connectivity index (χ2v) is 4.81. The fourth-order valence-corrected chi connectivity index (χ4v) is 2.20. The Kier molecular flexibility index (Phi) is 3.56. The highest BCUT2D eigenvalue weighted by atomic mass is 14.9. The maximum Gasteiger partial charge on any atom is 0.0578 e. The van der Waals surface area contributed by atoms with Crippen LogP contribution in [0.3, 0.4) is 0 Å². The molecule has 18 heavy (non-hydrogen) atoms. The molecule has 2 aromatic rings. The summed E-state index contributed by atoms with van der Waals surface area (Å²) in [4.78, 5) is 0. The van der Waals surface area contributed by atoms with Crippen LogP contribution in [-0.2, 0) is 0 Å². The minimum atomic E-state index is 0.246. The van der Waals surface area contributed by atoms with Gasteiger partial charge in [0.05, 0.1) is 11.4 Å². The van der Waals surface area contributed by atoms with Gasteiger partial charge in [-0.3, -0.25) is 0 Å². The van der Waals surface area contributed by atoms with Crippen molar-refractivity contribution in [1.82, 2.24) is 0 Å². The lowest BCUT2D eigenvalue weighted by Gasteiger charge is -2.19. The molecule has 0 aliphatic heterocycles. The number of rotatable bonds is 3. The number of aryl methyl sites for hydroxylation is 2. The summed E-state index contributed by atoms with van der Waals surface area (Å²) in [5, 5.41) is 3.47. The second kappa shape index (κ2) is 5.13. The molecule has 0 bridgehead atoms. The predicted molar refractivity (Wildman–Crippen MR) is 78.8 cm³/mol. The molecule has 0 spiro atoms. The second-order valence-electron chi connectivity index (χ2n) is 4.81. The molecule has 2 rings (SSSR count). The van der Waals surface area contributed by atoms with Gasteiger partial charge in [-0.25, -0.2) is 0 Å². The van der Waals surface area contributed by atoms with E-state index in [0.717, 1.165) is 11.4 Å². The molecule has 0 amide bonds. The molecule has 1 unspecified atom stereocenters. The van der Waals surface area contributed by atoms with Gasteiger partial charge in [0.2, 0.25) is 0 Å². The molecule has 0 heterocycles. The van der Waals surface area contributed by atoms with Gasteiger partial charge in [-0.1, -0.05) is 30.3 Å². The molecule has 2 nitrogen and oxygen atoms in total. The fraction of sp³-hybridized carbons (Fsp3) is 0.250. The van der Waals surface area contributed by atoms with Gasteiger partial charge >= 0.3 is 0 Å². The summed E-state index contributed by atoms with van der Waals surface area (Å²) in [6, 6.07) is 14.8. The summed E-state index contributed by atoms with van der Waals surface area (Å²) in [6.45, 7) is 6.33. The molecular formula is C16H20N2. The van der Waals surface area contributed by atoms with Crippen LogP contribution in [-0.4, -0.2) is 0 Å². The quantitative estimate of drug-likeness (QED) is 0.794. The number of anilines is 2. The fourth-order valence-electron chi connectivity index (χ4n) is 2.20. The summed E-state index contributed by atoms with van der Waals surface area (Å²) >= 11 is 0. The van der Waals surface area contributed by atoms with Crippen molar-refractivity contribution in [2.24, 2.45) is 0 Å². The molecule has 2 heteroatoms. The molecule has 0 aliphatic carbocycles. The molecule has 0 aromatic heterocycles. The minimum Gasteiger partial charge on any atom is -0.397 e. The van der Waals surface area contributed by atoms with Crippen LogP contribution in [0.2, 0.25) is 0 Å². The third kappa shape index (κ3) is 2.65. The van der Waals surface area contributed by atoms with Crippen LogP contribution in [0, 0.1) is 13.8 Å². The monoisotopic (exact) mass is 240 g/mol. The number of nitrogens with two attached hydrogens (primary N) is 1. The maximum atomic E-state index is 6.02. The molecule has 0 aliphatic rings. The van der Waals surface area contributed by atoms with E-state index in [4.69, 9.17) is 5.73 Å². The van der Waals surface area contributed by atoms with Crippen LogP contribution in [0.5, 0.6) is 0 Å². The van der Waals surface area contributed by atoms with E-state index in [1.165, 1.54) is 16.7 Å². The third-order valence-corrected chi connectivity index (χ3v) is 3.23. The first-order valence-electron chi connectivity index (χ1n) is 6.26. The number of nitrogens with one attached hydrogen (secondary N) is 1. The molecule has 0 saturated heterocycles. The van der Waals surface area contributed by atoms with E-state index in [2.05, 4.69) is 49.5 Å². The summed E-state index contributed by atoms with van der Waals surface area (Å²) in [6.07, 6.45) is 0. The Morgan fingerprint density at radius 1 is 1.06 bits per heavy atom. The van der Waals surface area contributed by atoms with E-state index < -0.39 is 0 Å². The smallest absolute Gasteiger partial charge is 0.0578 e. The molecule has 0 fully saturated rings. The highest BCUT2D eigenvalue weighted by Crippen LogP contribution is 2.26. The van der Waals surface area contributed by atoms with Crippen molar-refractivity contribution in [3.8, 4) is 0 Å². The number of benzene rings is 2. The van der Waals surface area contributed by atoms with Crippen molar-refractivity contribution >= 4 is 11.4 Å². The van der Waals surface area contributed by atoms with E-state index in [9.17, 15) is 0 Å². The summed E-state index contributed by atoms with van der Waals surface area (Å²) in [5.41, 5.74) is 11.6. The van der Waals surface area contributed by atoms with Gasteiger partial charge in [0.25, 0.3) is 0 Å². The Morgan fingerprint density at radius 3 is 2.44 bits per heavy atom. The van der Waals surface area contributed by atoms with Crippen LogP contribution >= 0.6 is 0 Å². The van der Waals surface area contributed by atoms with Gasteiger partial charge in [0, 0.05) is 6.04 Å². The van der Waals surface area contributed by atoms with Crippen molar-refractivity contribution in [2.75, 3.05) is 11.1 Å². The number of hydrogen-bond acceptors (Lipinski definition) is 2. The van der Waals surface area contributed by atoms with Crippen molar-refractivity contribution in [3.63, 3.8) is 0 Å². The Morgan fingerprint density at radius 2 is 1.78 bits per heavy atom. The van der Waals surface area contributed by atoms with E-state index in [0.29, 0.717) is 0 Å². The van der Waals surface area contributed by atoms with Crippen molar-refractivity contribution in [1.29, 1.82) is 0 Å². The van der Waals surface area contributed by atoms with Gasteiger partial charge in [0.15, 0.2) is 0 Å². The molecule has 3 N–H and O–H groups in total. The van der Waals surface area contributed by atoms with E-state index >= 15 is 0 Å². The highest BCUT2D eigenvalue weighted by Gasteiger charge is 2.09. The number of hydrogen-bond donors (Lipinski definition) is 2.